The molecule has 0 aromatic heterocycles. The highest BCUT2D eigenvalue weighted by Gasteiger charge is 2.20. The van der Waals surface area contributed by atoms with E-state index < -0.39 is 17.7 Å². The molecule has 0 radical (unpaired) electrons. The second kappa shape index (κ2) is 5.32. The molecular formula is C11H21FO2. The van der Waals surface area contributed by atoms with Crippen molar-refractivity contribution in [2.24, 2.45) is 5.92 Å². The Morgan fingerprint density at radius 3 is 2.21 bits per heavy atom. The number of ether oxygens (including phenoxy) is 1. The van der Waals surface area contributed by atoms with Gasteiger partial charge in [-0.15, -0.1) is 0 Å². The van der Waals surface area contributed by atoms with Gasteiger partial charge in [0.15, 0.2) is 0 Å². The molecule has 0 bridgehead atoms. The Labute approximate surface area is 85.8 Å². The lowest BCUT2D eigenvalue weighted by Gasteiger charge is -2.20. The molecule has 0 aliphatic rings. The highest BCUT2D eigenvalue weighted by molar-refractivity contribution is 5.70. The minimum Gasteiger partial charge on any atom is -0.460 e. The predicted octanol–water partition coefficient (Wildman–Crippen LogP) is 3.10. The molecule has 0 amide bonds. The molecular weight excluding hydrogens is 183 g/mol. The summed E-state index contributed by atoms with van der Waals surface area (Å²) in [6, 6.07) is 0. The average molecular weight is 204 g/mol. The number of carbonyl (C=O) groups excluding carboxylic acids is 1. The summed E-state index contributed by atoms with van der Waals surface area (Å²) in [7, 11) is 0. The van der Waals surface area contributed by atoms with Crippen LogP contribution in [0.3, 0.4) is 0 Å². The summed E-state index contributed by atoms with van der Waals surface area (Å²) in [6.07, 6.45) is -0.792. The van der Waals surface area contributed by atoms with Gasteiger partial charge in [0.05, 0.1) is 6.42 Å². The van der Waals surface area contributed by atoms with Crippen LogP contribution in [0.15, 0.2) is 0 Å². The van der Waals surface area contributed by atoms with Crippen LogP contribution < -0.4 is 0 Å². The molecule has 14 heavy (non-hydrogen) atoms. The molecule has 0 aliphatic heterocycles. The van der Waals surface area contributed by atoms with E-state index in [0.717, 1.165) is 0 Å². The van der Waals surface area contributed by atoms with Gasteiger partial charge < -0.3 is 4.74 Å². The van der Waals surface area contributed by atoms with Crippen molar-refractivity contribution in [3.05, 3.63) is 0 Å². The lowest BCUT2D eigenvalue weighted by Crippen LogP contribution is -2.25. The predicted molar refractivity (Wildman–Crippen MR) is 54.8 cm³/mol. The second-order valence-electron chi connectivity index (χ2n) is 5.02. The molecule has 0 heterocycles. The Balaban J connectivity index is 3.83. The number of rotatable bonds is 4. The first-order valence-corrected chi connectivity index (χ1v) is 5.06. The van der Waals surface area contributed by atoms with E-state index in [4.69, 9.17) is 4.74 Å². The van der Waals surface area contributed by atoms with Crippen LogP contribution in [0.5, 0.6) is 0 Å². The van der Waals surface area contributed by atoms with Gasteiger partial charge in [-0.05, 0) is 33.1 Å². The number of carbonyl (C=O) groups is 1. The number of alkyl halides is 1. The largest absolute Gasteiger partial charge is 0.460 e. The van der Waals surface area contributed by atoms with E-state index in [2.05, 4.69) is 0 Å². The van der Waals surface area contributed by atoms with Crippen LogP contribution in [0.2, 0.25) is 0 Å². The zero-order chi connectivity index (χ0) is 11.4. The molecule has 3 heteroatoms. The third-order valence-corrected chi connectivity index (χ3v) is 1.54. The van der Waals surface area contributed by atoms with Gasteiger partial charge in [-0.3, -0.25) is 4.79 Å². The zero-order valence-electron chi connectivity index (χ0n) is 9.76. The number of esters is 1. The van der Waals surface area contributed by atoms with Gasteiger partial charge in [0.25, 0.3) is 0 Å². The summed E-state index contributed by atoms with van der Waals surface area (Å²) in [4.78, 5) is 11.2. The summed E-state index contributed by atoms with van der Waals surface area (Å²) >= 11 is 0. The van der Waals surface area contributed by atoms with Gasteiger partial charge in [-0.25, -0.2) is 4.39 Å². The Morgan fingerprint density at radius 1 is 1.36 bits per heavy atom. The van der Waals surface area contributed by atoms with E-state index >= 15 is 0 Å². The molecule has 0 spiro atoms. The minimum atomic E-state index is -1.08. The third kappa shape index (κ3) is 8.02. The van der Waals surface area contributed by atoms with Gasteiger partial charge in [-0.1, -0.05) is 13.8 Å². The van der Waals surface area contributed by atoms with Crippen LogP contribution in [0.1, 0.15) is 47.5 Å². The molecule has 0 N–H and O–H groups in total. The standard InChI is InChI=1S/C11H21FO2/c1-8(2)6-9(12)7-10(13)14-11(3,4)5/h8-9H,6-7H2,1-5H3. The maximum atomic E-state index is 13.2. The second-order valence-corrected chi connectivity index (χ2v) is 5.02. The van der Waals surface area contributed by atoms with Crippen LogP contribution >= 0.6 is 0 Å². The molecule has 0 saturated carbocycles. The van der Waals surface area contributed by atoms with Gasteiger partial charge in [0.2, 0.25) is 0 Å². The van der Waals surface area contributed by atoms with Crippen LogP contribution in [0.4, 0.5) is 4.39 Å². The van der Waals surface area contributed by atoms with Crippen molar-refractivity contribution in [1.29, 1.82) is 0 Å². The highest BCUT2D eigenvalue weighted by Crippen LogP contribution is 2.15. The molecule has 1 atom stereocenters. The molecule has 2 nitrogen and oxygen atoms in total. The highest BCUT2D eigenvalue weighted by atomic mass is 19.1. The van der Waals surface area contributed by atoms with Gasteiger partial charge in [0.1, 0.15) is 11.8 Å². The maximum Gasteiger partial charge on any atom is 0.309 e. The van der Waals surface area contributed by atoms with Crippen molar-refractivity contribution in [2.45, 2.75) is 59.2 Å². The first kappa shape index (κ1) is 13.4. The molecule has 0 saturated heterocycles. The number of hydrogen-bond acceptors (Lipinski definition) is 2. The monoisotopic (exact) mass is 204 g/mol. The smallest absolute Gasteiger partial charge is 0.309 e. The van der Waals surface area contributed by atoms with E-state index in [1.807, 2.05) is 13.8 Å². The minimum absolute atomic E-state index is 0.130. The Morgan fingerprint density at radius 2 is 1.86 bits per heavy atom. The maximum absolute atomic E-state index is 13.2. The van der Waals surface area contributed by atoms with Crippen molar-refractivity contribution in [1.82, 2.24) is 0 Å². The molecule has 0 fully saturated rings. The quantitative estimate of drug-likeness (QED) is 0.658. The first-order valence-electron chi connectivity index (χ1n) is 5.06. The summed E-state index contributed by atoms with van der Waals surface area (Å²) in [5, 5.41) is 0. The Kier molecular flexibility index (Phi) is 5.09. The van der Waals surface area contributed by atoms with E-state index in [1.54, 1.807) is 20.8 Å². The average Bonchev–Trinajstić information content (AvgIpc) is 1.77. The molecule has 0 aromatic carbocycles. The van der Waals surface area contributed by atoms with Gasteiger partial charge in [-0.2, -0.15) is 0 Å². The van der Waals surface area contributed by atoms with Crippen LogP contribution in [0.25, 0.3) is 0 Å². The van der Waals surface area contributed by atoms with Crippen molar-refractivity contribution < 1.29 is 13.9 Å². The Hall–Kier alpha value is -0.600. The van der Waals surface area contributed by atoms with Gasteiger partial charge >= 0.3 is 5.97 Å². The summed E-state index contributed by atoms with van der Waals surface area (Å²) in [5.74, 6) is -0.182. The van der Waals surface area contributed by atoms with Crippen LogP contribution in [-0.4, -0.2) is 17.7 Å². The lowest BCUT2D eigenvalue weighted by atomic mass is 10.0. The number of halogens is 1. The summed E-state index contributed by atoms with van der Waals surface area (Å²) < 4.78 is 18.2. The molecule has 1 unspecified atom stereocenters. The topological polar surface area (TPSA) is 26.3 Å². The summed E-state index contributed by atoms with van der Waals surface area (Å²) in [5.41, 5.74) is -0.519. The zero-order valence-corrected chi connectivity index (χ0v) is 9.76. The van der Waals surface area contributed by atoms with Crippen molar-refractivity contribution >= 4 is 5.97 Å². The van der Waals surface area contributed by atoms with Gasteiger partial charge in [0, 0.05) is 0 Å². The first-order chi connectivity index (χ1) is 6.20. The fraction of sp³-hybridized carbons (Fsp3) is 0.909. The van der Waals surface area contributed by atoms with E-state index in [9.17, 15) is 9.18 Å². The molecule has 0 aromatic rings. The molecule has 0 rings (SSSR count). The van der Waals surface area contributed by atoms with Crippen molar-refractivity contribution in [3.8, 4) is 0 Å². The lowest BCUT2D eigenvalue weighted by molar-refractivity contribution is -0.156. The van der Waals surface area contributed by atoms with Crippen LogP contribution in [0, 0.1) is 5.92 Å². The van der Waals surface area contributed by atoms with Crippen molar-refractivity contribution in [2.75, 3.05) is 0 Å². The fourth-order valence-electron chi connectivity index (χ4n) is 1.16. The third-order valence-electron chi connectivity index (χ3n) is 1.54. The number of hydrogen-bond donors (Lipinski definition) is 0. The fourth-order valence-corrected chi connectivity index (χ4v) is 1.16. The summed E-state index contributed by atoms with van der Waals surface area (Å²) in [6.45, 7) is 9.20. The van der Waals surface area contributed by atoms with E-state index in [0.29, 0.717) is 6.42 Å². The van der Waals surface area contributed by atoms with Crippen molar-refractivity contribution in [3.63, 3.8) is 0 Å². The van der Waals surface area contributed by atoms with E-state index in [1.165, 1.54) is 0 Å². The molecule has 0 aliphatic carbocycles. The SMILES string of the molecule is CC(C)CC(F)CC(=O)OC(C)(C)C. The molecule has 84 valence electrons. The normalized spacial score (nSPS) is 14.2. The van der Waals surface area contributed by atoms with E-state index in [-0.39, 0.29) is 12.3 Å². The van der Waals surface area contributed by atoms with Crippen LogP contribution in [-0.2, 0) is 9.53 Å². The Bertz CT molecular complexity index is 182.